The number of amides is 2. The molecule has 0 atom stereocenters. The smallest absolute Gasteiger partial charge is 0.336 e. The molecule has 1 aromatic heterocycles. The quantitative estimate of drug-likeness (QED) is 0.421. The molecule has 8 heteroatoms. The van der Waals surface area contributed by atoms with Crippen LogP contribution in [0.1, 0.15) is 21.6 Å². The lowest BCUT2D eigenvalue weighted by molar-refractivity contribution is -0.139. The molecule has 2 aromatic rings. The first-order valence-corrected chi connectivity index (χ1v) is 6.91. The summed E-state index contributed by atoms with van der Waals surface area (Å²) in [7, 11) is 0. The fourth-order valence-electron chi connectivity index (χ4n) is 1.77. The number of rotatable bonds is 5. The van der Waals surface area contributed by atoms with Gasteiger partial charge in [0.2, 0.25) is 0 Å². The highest BCUT2D eigenvalue weighted by Crippen LogP contribution is 2.05. The number of nitrogens with zero attached hydrogens (tertiary/aromatic N) is 2. The lowest BCUT2D eigenvalue weighted by Gasteiger charge is -2.03. The van der Waals surface area contributed by atoms with Gasteiger partial charge in [0, 0.05) is 11.8 Å². The monoisotopic (exact) mass is 326 g/mol. The maximum atomic E-state index is 11.6. The van der Waals surface area contributed by atoms with Crippen LogP contribution in [0.4, 0.5) is 0 Å². The molecule has 0 saturated carbocycles. The van der Waals surface area contributed by atoms with Gasteiger partial charge in [-0.15, -0.1) is 0 Å². The Bertz CT molecular complexity index is 775. The van der Waals surface area contributed by atoms with Crippen molar-refractivity contribution in [3.05, 3.63) is 65.5 Å². The highest BCUT2D eigenvalue weighted by atomic mass is 16.4. The van der Waals surface area contributed by atoms with Crippen LogP contribution < -0.4 is 10.7 Å². The van der Waals surface area contributed by atoms with Crippen molar-refractivity contribution in [2.75, 3.05) is 0 Å². The molecule has 0 radical (unpaired) electrons. The third-order valence-corrected chi connectivity index (χ3v) is 2.92. The van der Waals surface area contributed by atoms with Gasteiger partial charge in [0.15, 0.2) is 0 Å². The molecule has 0 saturated heterocycles. The number of nitrogens with one attached hydrogen (secondary N) is 2. The van der Waals surface area contributed by atoms with E-state index in [0.29, 0.717) is 11.3 Å². The normalized spacial score (nSPS) is 10.3. The molecule has 0 fully saturated rings. The summed E-state index contributed by atoms with van der Waals surface area (Å²) in [6.45, 7) is 0.110. The van der Waals surface area contributed by atoms with Gasteiger partial charge in [-0.1, -0.05) is 24.3 Å². The third kappa shape index (κ3) is 4.73. The Kier molecular flexibility index (Phi) is 5.73. The second-order valence-electron chi connectivity index (χ2n) is 4.60. The minimum absolute atomic E-state index is 0.0371. The van der Waals surface area contributed by atoms with Crippen LogP contribution in [0, 0.1) is 0 Å². The number of aromatic carboxylic acids is 1. The molecule has 3 N–H and O–H groups in total. The van der Waals surface area contributed by atoms with Gasteiger partial charge in [-0.05, 0) is 18.2 Å². The van der Waals surface area contributed by atoms with Crippen molar-refractivity contribution in [3.8, 4) is 0 Å². The molecule has 0 spiro atoms. The molecular formula is C16H14N4O4. The molecule has 24 heavy (non-hydrogen) atoms. The summed E-state index contributed by atoms with van der Waals surface area (Å²) in [6.07, 6.45) is 2.74. The van der Waals surface area contributed by atoms with E-state index in [2.05, 4.69) is 15.4 Å². The Balaban J connectivity index is 1.88. The molecule has 0 aliphatic carbocycles. The van der Waals surface area contributed by atoms with E-state index in [-0.39, 0.29) is 12.1 Å². The summed E-state index contributed by atoms with van der Waals surface area (Å²) in [5.74, 6) is -2.95. The van der Waals surface area contributed by atoms with Crippen LogP contribution in [0.25, 0.3) is 0 Å². The van der Waals surface area contributed by atoms with Gasteiger partial charge in [-0.2, -0.15) is 5.10 Å². The zero-order valence-corrected chi connectivity index (χ0v) is 12.5. The maximum Gasteiger partial charge on any atom is 0.336 e. The molecule has 2 amide bonds. The largest absolute Gasteiger partial charge is 0.478 e. The van der Waals surface area contributed by atoms with Crippen molar-refractivity contribution < 1.29 is 19.5 Å². The molecule has 1 aromatic carbocycles. The van der Waals surface area contributed by atoms with Crippen LogP contribution >= 0.6 is 0 Å². The number of aromatic nitrogens is 1. The average molecular weight is 326 g/mol. The number of carboxylic acids is 1. The lowest BCUT2D eigenvalue weighted by atomic mass is 10.1. The van der Waals surface area contributed by atoms with E-state index >= 15 is 0 Å². The summed E-state index contributed by atoms with van der Waals surface area (Å²) in [5, 5.41) is 15.0. The maximum absolute atomic E-state index is 11.6. The number of hydrazone groups is 1. The number of carbonyl (C=O) groups is 3. The van der Waals surface area contributed by atoms with E-state index in [4.69, 9.17) is 5.11 Å². The Morgan fingerprint density at radius 2 is 1.83 bits per heavy atom. The van der Waals surface area contributed by atoms with Gasteiger partial charge in [-0.25, -0.2) is 10.2 Å². The first-order chi connectivity index (χ1) is 11.6. The van der Waals surface area contributed by atoms with Crippen molar-refractivity contribution >= 4 is 24.0 Å². The molecule has 0 unspecified atom stereocenters. The Hall–Kier alpha value is -3.55. The van der Waals surface area contributed by atoms with Crippen molar-refractivity contribution in [2.45, 2.75) is 6.54 Å². The van der Waals surface area contributed by atoms with Crippen LogP contribution in [0.3, 0.4) is 0 Å². The van der Waals surface area contributed by atoms with Crippen LogP contribution in [0.5, 0.6) is 0 Å². The molecule has 1 heterocycles. The second-order valence-corrected chi connectivity index (χ2v) is 4.60. The first kappa shape index (κ1) is 16.8. The number of carbonyl (C=O) groups excluding carboxylic acids is 2. The van der Waals surface area contributed by atoms with E-state index in [1.165, 1.54) is 12.1 Å². The van der Waals surface area contributed by atoms with E-state index in [1.807, 2.05) is 5.43 Å². The topological polar surface area (TPSA) is 121 Å². The number of benzene rings is 1. The number of hydrogen-bond donors (Lipinski definition) is 3. The fourth-order valence-corrected chi connectivity index (χ4v) is 1.77. The van der Waals surface area contributed by atoms with Crippen LogP contribution in [0.2, 0.25) is 0 Å². The van der Waals surface area contributed by atoms with E-state index < -0.39 is 17.8 Å². The zero-order chi connectivity index (χ0) is 17.4. The van der Waals surface area contributed by atoms with Crippen molar-refractivity contribution in [1.29, 1.82) is 0 Å². The standard InChI is InChI=1S/C16H14N4O4/c21-14(18-10-12-6-3-4-8-17-12)15(22)20-19-9-11-5-1-2-7-13(11)16(23)24/h1-9H,10H2,(H,18,21)(H,20,22)(H,23,24)/b19-9+. The number of carboxylic acid groups (broad SMARTS) is 1. The third-order valence-electron chi connectivity index (χ3n) is 2.92. The fraction of sp³-hybridized carbons (Fsp3) is 0.0625. The molecular weight excluding hydrogens is 312 g/mol. The van der Waals surface area contributed by atoms with E-state index in [1.54, 1.807) is 36.5 Å². The molecule has 0 aliphatic heterocycles. The predicted octanol–water partition coefficient (Wildman–Crippen LogP) is 0.546. The van der Waals surface area contributed by atoms with Gasteiger partial charge >= 0.3 is 17.8 Å². The van der Waals surface area contributed by atoms with Crippen LogP contribution in [0.15, 0.2) is 53.8 Å². The second kappa shape index (κ2) is 8.18. The van der Waals surface area contributed by atoms with Gasteiger partial charge in [0.1, 0.15) is 0 Å². The van der Waals surface area contributed by atoms with Crippen molar-refractivity contribution in [3.63, 3.8) is 0 Å². The highest BCUT2D eigenvalue weighted by molar-refractivity contribution is 6.35. The van der Waals surface area contributed by atoms with Gasteiger partial charge in [0.05, 0.1) is 24.0 Å². The minimum atomic E-state index is -1.11. The minimum Gasteiger partial charge on any atom is -0.478 e. The summed E-state index contributed by atoms with van der Waals surface area (Å²) < 4.78 is 0. The summed E-state index contributed by atoms with van der Waals surface area (Å²) in [4.78, 5) is 38.2. The van der Waals surface area contributed by atoms with Crippen molar-refractivity contribution in [1.82, 2.24) is 15.7 Å². The molecule has 0 bridgehead atoms. The van der Waals surface area contributed by atoms with E-state index in [0.717, 1.165) is 6.21 Å². The summed E-state index contributed by atoms with van der Waals surface area (Å²) >= 11 is 0. The Labute approximate surface area is 137 Å². The summed E-state index contributed by atoms with van der Waals surface area (Å²) in [6, 6.07) is 11.4. The molecule has 8 nitrogen and oxygen atoms in total. The average Bonchev–Trinajstić information content (AvgIpc) is 2.60. The van der Waals surface area contributed by atoms with Crippen molar-refractivity contribution in [2.24, 2.45) is 5.10 Å². The van der Waals surface area contributed by atoms with E-state index in [9.17, 15) is 14.4 Å². The predicted molar refractivity (Wildman–Crippen MR) is 85.2 cm³/mol. The van der Waals surface area contributed by atoms with Crippen LogP contribution in [-0.4, -0.2) is 34.1 Å². The zero-order valence-electron chi connectivity index (χ0n) is 12.5. The van der Waals surface area contributed by atoms with Gasteiger partial charge in [0.25, 0.3) is 0 Å². The Morgan fingerprint density at radius 3 is 2.54 bits per heavy atom. The molecule has 0 aliphatic rings. The van der Waals surface area contributed by atoms with Gasteiger partial charge in [-0.3, -0.25) is 14.6 Å². The molecule has 122 valence electrons. The van der Waals surface area contributed by atoms with Crippen LogP contribution in [-0.2, 0) is 16.1 Å². The lowest BCUT2D eigenvalue weighted by Crippen LogP contribution is -2.37. The first-order valence-electron chi connectivity index (χ1n) is 6.91. The van der Waals surface area contributed by atoms with Gasteiger partial charge < -0.3 is 10.4 Å². The number of pyridine rings is 1. The highest BCUT2D eigenvalue weighted by Gasteiger charge is 2.12. The Morgan fingerprint density at radius 1 is 1.08 bits per heavy atom. The molecule has 2 rings (SSSR count). The SMILES string of the molecule is O=C(NCc1ccccn1)C(=O)N/N=C/c1ccccc1C(=O)O. The summed E-state index contributed by atoms with van der Waals surface area (Å²) in [5.41, 5.74) is 2.99. The number of hydrogen-bond acceptors (Lipinski definition) is 5.